The molecule has 0 aliphatic heterocycles. The van der Waals surface area contributed by atoms with Gasteiger partial charge in [-0.15, -0.1) is 0 Å². The highest BCUT2D eigenvalue weighted by atomic mass is 79.9. The van der Waals surface area contributed by atoms with Crippen molar-refractivity contribution in [3.63, 3.8) is 0 Å². The van der Waals surface area contributed by atoms with Gasteiger partial charge in [0.05, 0.1) is 5.92 Å². The van der Waals surface area contributed by atoms with Gasteiger partial charge in [-0.3, -0.25) is 4.79 Å². The van der Waals surface area contributed by atoms with Crippen molar-refractivity contribution in [2.45, 2.75) is 32.6 Å². The molecule has 16 heavy (non-hydrogen) atoms. The van der Waals surface area contributed by atoms with E-state index in [2.05, 4.69) is 22.9 Å². The van der Waals surface area contributed by atoms with Crippen molar-refractivity contribution < 1.29 is 9.90 Å². The lowest BCUT2D eigenvalue weighted by atomic mass is 9.85. The number of carboxylic acids is 1. The number of carboxylic acid groups (broad SMARTS) is 1. The third-order valence-corrected chi connectivity index (χ3v) is 3.34. The van der Waals surface area contributed by atoms with Crippen molar-refractivity contribution in [3.8, 4) is 0 Å². The number of aliphatic carboxylic acids is 1. The smallest absolute Gasteiger partial charge is 0.311 e. The predicted octanol–water partition coefficient (Wildman–Crippen LogP) is 4.05. The van der Waals surface area contributed by atoms with Crippen LogP contribution in [0.1, 0.15) is 38.2 Å². The van der Waals surface area contributed by atoms with Crippen LogP contribution in [0.15, 0.2) is 28.7 Å². The summed E-state index contributed by atoms with van der Waals surface area (Å²) in [6.07, 6.45) is 1.95. The maximum atomic E-state index is 11.3. The summed E-state index contributed by atoms with van der Waals surface area (Å²) in [6, 6.07) is 7.55. The Morgan fingerprint density at radius 3 is 2.38 bits per heavy atom. The van der Waals surface area contributed by atoms with Gasteiger partial charge in [-0.1, -0.05) is 48.3 Å². The van der Waals surface area contributed by atoms with Crippen LogP contribution in [0, 0.1) is 5.92 Å². The van der Waals surface area contributed by atoms with E-state index in [1.165, 1.54) is 0 Å². The fourth-order valence-corrected chi connectivity index (χ4v) is 2.27. The number of rotatable bonds is 5. The van der Waals surface area contributed by atoms with Crippen molar-refractivity contribution in [1.29, 1.82) is 0 Å². The zero-order valence-corrected chi connectivity index (χ0v) is 11.2. The summed E-state index contributed by atoms with van der Waals surface area (Å²) in [5.74, 6) is -0.958. The summed E-state index contributed by atoms with van der Waals surface area (Å²) in [5.41, 5.74) is 0.886. The Labute approximate surface area is 105 Å². The van der Waals surface area contributed by atoms with E-state index in [1.807, 2.05) is 31.2 Å². The SMILES string of the molecule is CCCC(C)C(C(=O)O)c1ccc(Br)cc1. The van der Waals surface area contributed by atoms with Gasteiger partial charge in [0.2, 0.25) is 0 Å². The minimum Gasteiger partial charge on any atom is -0.481 e. The molecule has 1 aromatic rings. The van der Waals surface area contributed by atoms with E-state index in [9.17, 15) is 9.90 Å². The van der Waals surface area contributed by atoms with Crippen LogP contribution in [0.3, 0.4) is 0 Å². The Morgan fingerprint density at radius 2 is 1.94 bits per heavy atom. The van der Waals surface area contributed by atoms with Crippen molar-refractivity contribution >= 4 is 21.9 Å². The third kappa shape index (κ3) is 3.34. The summed E-state index contributed by atoms with van der Waals surface area (Å²) in [5, 5.41) is 9.28. The largest absolute Gasteiger partial charge is 0.481 e. The minimum atomic E-state index is -0.733. The molecule has 0 aliphatic carbocycles. The first-order valence-corrected chi connectivity index (χ1v) is 6.33. The van der Waals surface area contributed by atoms with E-state index in [4.69, 9.17) is 0 Å². The molecule has 0 spiro atoms. The van der Waals surface area contributed by atoms with Crippen LogP contribution in [0.4, 0.5) is 0 Å². The number of benzene rings is 1. The van der Waals surface area contributed by atoms with Gasteiger partial charge in [0.1, 0.15) is 0 Å². The van der Waals surface area contributed by atoms with Gasteiger partial charge >= 0.3 is 5.97 Å². The van der Waals surface area contributed by atoms with Gasteiger partial charge in [0.25, 0.3) is 0 Å². The highest BCUT2D eigenvalue weighted by Crippen LogP contribution is 2.29. The quantitative estimate of drug-likeness (QED) is 0.886. The summed E-state index contributed by atoms with van der Waals surface area (Å²) < 4.78 is 0.975. The van der Waals surface area contributed by atoms with Gasteiger partial charge in [0.15, 0.2) is 0 Å². The summed E-state index contributed by atoms with van der Waals surface area (Å²) in [4.78, 5) is 11.3. The van der Waals surface area contributed by atoms with E-state index >= 15 is 0 Å². The first kappa shape index (κ1) is 13.2. The molecule has 2 atom stereocenters. The van der Waals surface area contributed by atoms with Crippen molar-refractivity contribution in [2.24, 2.45) is 5.92 Å². The average Bonchev–Trinajstić information content (AvgIpc) is 2.21. The van der Waals surface area contributed by atoms with E-state index < -0.39 is 11.9 Å². The molecular formula is C13H17BrO2. The monoisotopic (exact) mass is 284 g/mol. The minimum absolute atomic E-state index is 0.170. The van der Waals surface area contributed by atoms with Gasteiger partial charge < -0.3 is 5.11 Å². The lowest BCUT2D eigenvalue weighted by Gasteiger charge is -2.20. The molecule has 0 amide bonds. The molecule has 0 bridgehead atoms. The number of hydrogen-bond acceptors (Lipinski definition) is 1. The van der Waals surface area contributed by atoms with Crippen LogP contribution >= 0.6 is 15.9 Å². The molecule has 1 rings (SSSR count). The molecule has 0 saturated carbocycles. The summed E-state index contributed by atoms with van der Waals surface area (Å²) in [6.45, 7) is 4.08. The van der Waals surface area contributed by atoms with Crippen LogP contribution in [0.5, 0.6) is 0 Å². The number of halogens is 1. The highest BCUT2D eigenvalue weighted by molar-refractivity contribution is 9.10. The number of hydrogen-bond donors (Lipinski definition) is 1. The first-order chi connectivity index (χ1) is 7.56. The standard InChI is InChI=1S/C13H17BrO2/c1-3-4-9(2)12(13(15)16)10-5-7-11(14)8-6-10/h5-9,12H,3-4H2,1-2H3,(H,15,16). The average molecular weight is 285 g/mol. The molecule has 2 unspecified atom stereocenters. The summed E-state index contributed by atoms with van der Waals surface area (Å²) >= 11 is 3.35. The molecular weight excluding hydrogens is 268 g/mol. The van der Waals surface area contributed by atoms with E-state index in [1.54, 1.807) is 0 Å². The molecule has 0 radical (unpaired) electrons. The fourth-order valence-electron chi connectivity index (χ4n) is 2.01. The molecule has 1 N–H and O–H groups in total. The molecule has 0 heterocycles. The van der Waals surface area contributed by atoms with Crippen molar-refractivity contribution in [2.75, 3.05) is 0 Å². The molecule has 0 fully saturated rings. The molecule has 0 saturated heterocycles. The second kappa shape index (κ2) is 6.04. The van der Waals surface area contributed by atoms with Crippen LogP contribution in [0.25, 0.3) is 0 Å². The Hall–Kier alpha value is -0.830. The topological polar surface area (TPSA) is 37.3 Å². The lowest BCUT2D eigenvalue weighted by molar-refractivity contribution is -0.140. The van der Waals surface area contributed by atoms with E-state index in [-0.39, 0.29) is 5.92 Å². The van der Waals surface area contributed by atoms with Crippen LogP contribution < -0.4 is 0 Å². The zero-order valence-electron chi connectivity index (χ0n) is 9.61. The van der Waals surface area contributed by atoms with Gasteiger partial charge in [-0.2, -0.15) is 0 Å². The van der Waals surface area contributed by atoms with Gasteiger partial charge in [-0.25, -0.2) is 0 Å². The second-order valence-corrected chi connectivity index (χ2v) is 5.05. The molecule has 0 aromatic heterocycles. The van der Waals surface area contributed by atoms with Crippen molar-refractivity contribution in [1.82, 2.24) is 0 Å². The Morgan fingerprint density at radius 1 is 1.38 bits per heavy atom. The van der Waals surface area contributed by atoms with E-state index in [0.717, 1.165) is 22.9 Å². The Balaban J connectivity index is 2.93. The van der Waals surface area contributed by atoms with Crippen LogP contribution in [0.2, 0.25) is 0 Å². The van der Waals surface area contributed by atoms with Gasteiger partial charge in [-0.05, 0) is 30.0 Å². The van der Waals surface area contributed by atoms with Gasteiger partial charge in [0, 0.05) is 4.47 Å². The second-order valence-electron chi connectivity index (χ2n) is 4.13. The maximum Gasteiger partial charge on any atom is 0.311 e. The van der Waals surface area contributed by atoms with E-state index in [0.29, 0.717) is 0 Å². The molecule has 88 valence electrons. The lowest BCUT2D eigenvalue weighted by Crippen LogP contribution is -2.19. The fraction of sp³-hybridized carbons (Fsp3) is 0.462. The first-order valence-electron chi connectivity index (χ1n) is 5.54. The van der Waals surface area contributed by atoms with Crippen molar-refractivity contribution in [3.05, 3.63) is 34.3 Å². The number of carbonyl (C=O) groups is 1. The molecule has 3 heteroatoms. The van der Waals surface area contributed by atoms with Crippen LogP contribution in [-0.2, 0) is 4.79 Å². The maximum absolute atomic E-state index is 11.3. The molecule has 1 aromatic carbocycles. The zero-order chi connectivity index (χ0) is 12.1. The predicted molar refractivity (Wildman–Crippen MR) is 68.6 cm³/mol. The Bertz CT molecular complexity index is 345. The normalized spacial score (nSPS) is 14.4. The summed E-state index contributed by atoms with van der Waals surface area (Å²) in [7, 11) is 0. The molecule has 0 aliphatic rings. The highest BCUT2D eigenvalue weighted by Gasteiger charge is 2.25. The van der Waals surface area contributed by atoms with Crippen LogP contribution in [-0.4, -0.2) is 11.1 Å². The Kier molecular flexibility index (Phi) is 5.00. The third-order valence-electron chi connectivity index (χ3n) is 2.81. The molecule has 2 nitrogen and oxygen atoms in total.